The summed E-state index contributed by atoms with van der Waals surface area (Å²) in [6.45, 7) is 5.28. The number of carbonyl (C=O) groups excluding carboxylic acids is 2. The number of nitrogens with one attached hydrogen (secondary N) is 2. The number of carbonyl (C=O) groups is 2. The van der Waals surface area contributed by atoms with E-state index < -0.39 is 11.7 Å². The molecule has 1 heterocycles. The predicted octanol–water partition coefficient (Wildman–Crippen LogP) is 2.58. The molecule has 2 aromatic rings. The van der Waals surface area contributed by atoms with Gasteiger partial charge in [0.1, 0.15) is 5.82 Å². The van der Waals surface area contributed by atoms with Gasteiger partial charge in [0.25, 0.3) is 5.91 Å². The van der Waals surface area contributed by atoms with E-state index in [1.54, 1.807) is 13.0 Å². The molecule has 1 aromatic heterocycles. The number of aromatic nitrogens is 1. The molecule has 0 atom stereocenters. The topological polar surface area (TPSA) is 71.1 Å². The summed E-state index contributed by atoms with van der Waals surface area (Å²) in [5.41, 5.74) is 1.71. The first-order valence-corrected chi connectivity index (χ1v) is 6.92. The van der Waals surface area contributed by atoms with Crippen molar-refractivity contribution in [3.63, 3.8) is 0 Å². The monoisotopic (exact) mass is 313 g/mol. The summed E-state index contributed by atoms with van der Waals surface area (Å²) in [6.07, 6.45) is 2.60. The van der Waals surface area contributed by atoms with Crippen molar-refractivity contribution < 1.29 is 14.0 Å². The second-order valence-electron chi connectivity index (χ2n) is 4.90. The zero-order chi connectivity index (χ0) is 16.8. The van der Waals surface area contributed by atoms with Crippen molar-refractivity contribution in [3.05, 3.63) is 71.8 Å². The van der Waals surface area contributed by atoms with Gasteiger partial charge in [0.15, 0.2) is 0 Å². The SMILES string of the molecule is C=CC(=O)NCc1cc(C(=O)Nc2ccc(C)cc2F)ccn1. The molecule has 0 radical (unpaired) electrons. The molecular weight excluding hydrogens is 297 g/mol. The molecule has 1 aromatic carbocycles. The molecule has 2 amide bonds. The fourth-order valence-corrected chi connectivity index (χ4v) is 1.88. The second-order valence-corrected chi connectivity index (χ2v) is 4.90. The molecule has 0 spiro atoms. The summed E-state index contributed by atoms with van der Waals surface area (Å²) in [5, 5.41) is 5.08. The van der Waals surface area contributed by atoms with Crippen LogP contribution in [0.15, 0.2) is 49.2 Å². The normalized spacial score (nSPS) is 10.0. The molecule has 0 saturated heterocycles. The molecule has 23 heavy (non-hydrogen) atoms. The van der Waals surface area contributed by atoms with Crippen molar-refractivity contribution in [2.24, 2.45) is 0 Å². The van der Waals surface area contributed by atoms with E-state index in [1.165, 1.54) is 30.5 Å². The Morgan fingerprint density at radius 3 is 2.78 bits per heavy atom. The lowest BCUT2D eigenvalue weighted by atomic mass is 10.2. The summed E-state index contributed by atoms with van der Waals surface area (Å²) in [7, 11) is 0. The minimum Gasteiger partial charge on any atom is -0.347 e. The van der Waals surface area contributed by atoms with E-state index in [4.69, 9.17) is 0 Å². The number of anilines is 1. The number of hydrogen-bond donors (Lipinski definition) is 2. The fraction of sp³-hybridized carbons (Fsp3) is 0.118. The van der Waals surface area contributed by atoms with E-state index in [1.807, 2.05) is 0 Å². The average Bonchev–Trinajstić information content (AvgIpc) is 2.55. The largest absolute Gasteiger partial charge is 0.347 e. The van der Waals surface area contributed by atoms with E-state index in [0.717, 1.165) is 11.6 Å². The van der Waals surface area contributed by atoms with E-state index in [9.17, 15) is 14.0 Å². The molecule has 0 aliphatic rings. The van der Waals surface area contributed by atoms with Crippen molar-refractivity contribution in [1.82, 2.24) is 10.3 Å². The first-order chi connectivity index (χ1) is 11.0. The van der Waals surface area contributed by atoms with Gasteiger partial charge in [0, 0.05) is 11.8 Å². The van der Waals surface area contributed by atoms with Crippen LogP contribution in [0.2, 0.25) is 0 Å². The van der Waals surface area contributed by atoms with Gasteiger partial charge in [-0.15, -0.1) is 0 Å². The van der Waals surface area contributed by atoms with Gasteiger partial charge in [-0.25, -0.2) is 4.39 Å². The third-order valence-corrected chi connectivity index (χ3v) is 3.08. The summed E-state index contributed by atoms with van der Waals surface area (Å²) in [4.78, 5) is 27.4. The molecule has 2 N–H and O–H groups in total. The number of pyridine rings is 1. The number of nitrogens with zero attached hydrogens (tertiary/aromatic N) is 1. The first kappa shape index (κ1) is 16.4. The Hall–Kier alpha value is -3.02. The van der Waals surface area contributed by atoms with Crippen LogP contribution in [0.25, 0.3) is 0 Å². The van der Waals surface area contributed by atoms with Gasteiger partial charge < -0.3 is 10.6 Å². The molecule has 0 saturated carbocycles. The molecule has 0 bridgehead atoms. The molecule has 0 aliphatic carbocycles. The summed E-state index contributed by atoms with van der Waals surface area (Å²) in [6, 6.07) is 7.61. The highest BCUT2D eigenvalue weighted by Crippen LogP contribution is 2.16. The van der Waals surface area contributed by atoms with Gasteiger partial charge >= 0.3 is 0 Å². The van der Waals surface area contributed by atoms with Gasteiger partial charge in [0.05, 0.1) is 17.9 Å². The minimum absolute atomic E-state index is 0.110. The van der Waals surface area contributed by atoms with Gasteiger partial charge in [-0.05, 0) is 42.8 Å². The number of aryl methyl sites for hydroxylation is 1. The predicted molar refractivity (Wildman–Crippen MR) is 85.4 cm³/mol. The standard InChI is InChI=1S/C17H16FN3O2/c1-3-16(22)20-10-13-9-12(6-7-19-13)17(23)21-15-5-4-11(2)8-14(15)18/h3-9H,1,10H2,2H3,(H,20,22)(H,21,23). The molecular formula is C17H16FN3O2. The Labute approximate surface area is 133 Å². The van der Waals surface area contributed by atoms with Crippen LogP contribution >= 0.6 is 0 Å². The molecule has 5 nitrogen and oxygen atoms in total. The zero-order valence-corrected chi connectivity index (χ0v) is 12.6. The number of amides is 2. The van der Waals surface area contributed by atoms with E-state index >= 15 is 0 Å². The molecule has 0 unspecified atom stereocenters. The van der Waals surface area contributed by atoms with Crippen LogP contribution in [-0.2, 0) is 11.3 Å². The van der Waals surface area contributed by atoms with Crippen molar-refractivity contribution in [2.45, 2.75) is 13.5 Å². The highest BCUT2D eigenvalue weighted by atomic mass is 19.1. The Morgan fingerprint density at radius 2 is 2.09 bits per heavy atom. The maximum absolute atomic E-state index is 13.8. The molecule has 2 rings (SSSR count). The summed E-state index contributed by atoms with van der Waals surface area (Å²) in [5.74, 6) is -1.28. The quantitative estimate of drug-likeness (QED) is 0.834. The Bertz CT molecular complexity index is 759. The van der Waals surface area contributed by atoms with Gasteiger partial charge in [-0.1, -0.05) is 12.6 Å². The third kappa shape index (κ3) is 4.47. The maximum atomic E-state index is 13.8. The highest BCUT2D eigenvalue weighted by molar-refractivity contribution is 6.04. The number of hydrogen-bond acceptors (Lipinski definition) is 3. The lowest BCUT2D eigenvalue weighted by molar-refractivity contribution is -0.116. The highest BCUT2D eigenvalue weighted by Gasteiger charge is 2.10. The van der Waals surface area contributed by atoms with Crippen LogP contribution < -0.4 is 10.6 Å². The van der Waals surface area contributed by atoms with Crippen LogP contribution in [0.3, 0.4) is 0 Å². The Balaban J connectivity index is 2.10. The van der Waals surface area contributed by atoms with E-state index in [-0.39, 0.29) is 18.1 Å². The number of halogens is 1. The van der Waals surface area contributed by atoms with Crippen molar-refractivity contribution in [2.75, 3.05) is 5.32 Å². The van der Waals surface area contributed by atoms with Crippen molar-refractivity contribution >= 4 is 17.5 Å². The van der Waals surface area contributed by atoms with Gasteiger partial charge in [-0.2, -0.15) is 0 Å². The fourth-order valence-electron chi connectivity index (χ4n) is 1.88. The third-order valence-electron chi connectivity index (χ3n) is 3.08. The van der Waals surface area contributed by atoms with Crippen molar-refractivity contribution in [1.29, 1.82) is 0 Å². The summed E-state index contributed by atoms with van der Waals surface area (Å²) >= 11 is 0. The molecule has 0 aliphatic heterocycles. The van der Waals surface area contributed by atoms with E-state index in [2.05, 4.69) is 22.2 Å². The first-order valence-electron chi connectivity index (χ1n) is 6.92. The van der Waals surface area contributed by atoms with Gasteiger partial charge in [-0.3, -0.25) is 14.6 Å². The zero-order valence-electron chi connectivity index (χ0n) is 12.6. The van der Waals surface area contributed by atoms with Crippen LogP contribution in [0.5, 0.6) is 0 Å². The molecule has 118 valence electrons. The molecule has 0 fully saturated rings. The Kier molecular flexibility index (Phi) is 5.19. The molecule has 6 heteroatoms. The van der Waals surface area contributed by atoms with E-state index in [0.29, 0.717) is 11.3 Å². The van der Waals surface area contributed by atoms with Crippen LogP contribution in [-0.4, -0.2) is 16.8 Å². The summed E-state index contributed by atoms with van der Waals surface area (Å²) < 4.78 is 13.8. The van der Waals surface area contributed by atoms with Crippen LogP contribution in [0.4, 0.5) is 10.1 Å². The smallest absolute Gasteiger partial charge is 0.255 e. The van der Waals surface area contributed by atoms with Gasteiger partial charge in [0.2, 0.25) is 5.91 Å². The number of rotatable bonds is 5. The van der Waals surface area contributed by atoms with Crippen LogP contribution in [0, 0.1) is 12.7 Å². The average molecular weight is 313 g/mol. The Morgan fingerprint density at radius 1 is 1.30 bits per heavy atom. The lowest BCUT2D eigenvalue weighted by Crippen LogP contribution is -2.21. The minimum atomic E-state index is -0.495. The maximum Gasteiger partial charge on any atom is 0.255 e. The van der Waals surface area contributed by atoms with Crippen LogP contribution in [0.1, 0.15) is 21.6 Å². The second kappa shape index (κ2) is 7.31. The lowest BCUT2D eigenvalue weighted by Gasteiger charge is -2.08. The number of benzene rings is 1. The van der Waals surface area contributed by atoms with Crippen molar-refractivity contribution in [3.8, 4) is 0 Å².